The van der Waals surface area contributed by atoms with Gasteiger partial charge in [0.15, 0.2) is 0 Å². The number of hydrogen-bond acceptors (Lipinski definition) is 2. The molecule has 1 unspecified atom stereocenters. The molecule has 0 spiro atoms. The Kier molecular flexibility index (Phi) is 6.14. The van der Waals surface area contributed by atoms with E-state index in [1.807, 2.05) is 37.1 Å². The van der Waals surface area contributed by atoms with E-state index in [1.165, 1.54) is 16.5 Å². The lowest BCUT2D eigenvalue weighted by molar-refractivity contribution is -0.133. The zero-order chi connectivity index (χ0) is 22.0. The monoisotopic (exact) mass is 435 g/mol. The molecule has 0 fully saturated rings. The second-order valence-corrected chi connectivity index (χ2v) is 8.65. The number of fused-ring (bicyclic) bond motifs is 1. The normalized spacial score (nSPS) is 15.1. The maximum absolute atomic E-state index is 13.2. The van der Waals surface area contributed by atoms with Crippen molar-refractivity contribution in [2.75, 3.05) is 13.1 Å². The third-order valence-corrected chi connectivity index (χ3v) is 6.03. The van der Waals surface area contributed by atoms with Crippen LogP contribution in [-0.4, -0.2) is 40.8 Å². The lowest BCUT2D eigenvalue weighted by atomic mass is 9.97. The number of aromatic nitrogens is 1. The Hall–Kier alpha value is -3.05. The third kappa shape index (κ3) is 4.52. The first-order valence-corrected chi connectivity index (χ1v) is 10.9. The molecule has 1 aromatic heterocycles. The van der Waals surface area contributed by atoms with Crippen LogP contribution in [0.1, 0.15) is 36.2 Å². The van der Waals surface area contributed by atoms with Gasteiger partial charge >= 0.3 is 0 Å². The van der Waals surface area contributed by atoms with Crippen LogP contribution in [0.15, 0.2) is 60.8 Å². The summed E-state index contributed by atoms with van der Waals surface area (Å²) in [4.78, 5) is 31.0. The number of nitrogens with zero attached hydrogens (tertiary/aromatic N) is 1. The number of amides is 2. The van der Waals surface area contributed by atoms with E-state index < -0.39 is 6.04 Å². The summed E-state index contributed by atoms with van der Waals surface area (Å²) in [5.74, 6) is -0.343. The van der Waals surface area contributed by atoms with Gasteiger partial charge in [0.2, 0.25) is 5.91 Å². The average Bonchev–Trinajstić information content (AvgIpc) is 3.21. The zero-order valence-electron chi connectivity index (χ0n) is 17.7. The average molecular weight is 436 g/mol. The van der Waals surface area contributed by atoms with Gasteiger partial charge in [0, 0.05) is 46.3 Å². The summed E-state index contributed by atoms with van der Waals surface area (Å²) < 4.78 is 0. The summed E-state index contributed by atoms with van der Waals surface area (Å²) in [6, 6.07) is 14.3. The van der Waals surface area contributed by atoms with Crippen molar-refractivity contribution in [1.29, 1.82) is 0 Å². The molecule has 0 saturated carbocycles. The van der Waals surface area contributed by atoms with Gasteiger partial charge in [0.05, 0.1) is 0 Å². The van der Waals surface area contributed by atoms with E-state index in [-0.39, 0.29) is 17.7 Å². The molecule has 0 saturated heterocycles. The Labute approximate surface area is 187 Å². The number of nitrogens with one attached hydrogen (secondary N) is 2. The van der Waals surface area contributed by atoms with Crippen LogP contribution in [0.4, 0.5) is 0 Å². The van der Waals surface area contributed by atoms with E-state index in [0.29, 0.717) is 23.7 Å². The lowest BCUT2D eigenvalue weighted by Gasteiger charge is -2.32. The lowest BCUT2D eigenvalue weighted by Crippen LogP contribution is -2.52. The highest BCUT2D eigenvalue weighted by molar-refractivity contribution is 6.30. The number of benzene rings is 2. The number of hydrogen-bond donors (Lipinski definition) is 2. The number of carbonyl (C=O) groups is 2. The quantitative estimate of drug-likeness (QED) is 0.599. The molecule has 31 heavy (non-hydrogen) atoms. The largest absolute Gasteiger partial charge is 0.361 e. The van der Waals surface area contributed by atoms with Gasteiger partial charge in [-0.15, -0.1) is 0 Å². The van der Waals surface area contributed by atoms with E-state index >= 15 is 0 Å². The molecular weight excluding hydrogens is 410 g/mol. The highest BCUT2D eigenvalue weighted by Gasteiger charge is 2.30. The number of rotatable bonds is 5. The van der Waals surface area contributed by atoms with E-state index in [1.54, 1.807) is 24.3 Å². The Morgan fingerprint density at radius 3 is 2.52 bits per heavy atom. The fourth-order valence-corrected chi connectivity index (χ4v) is 4.11. The smallest absolute Gasteiger partial charge is 0.251 e. The second kappa shape index (κ2) is 8.98. The van der Waals surface area contributed by atoms with Crippen molar-refractivity contribution in [1.82, 2.24) is 15.2 Å². The van der Waals surface area contributed by atoms with Crippen molar-refractivity contribution in [3.05, 3.63) is 77.0 Å². The summed E-state index contributed by atoms with van der Waals surface area (Å²) >= 11 is 5.91. The van der Waals surface area contributed by atoms with Crippen LogP contribution >= 0.6 is 11.6 Å². The molecule has 160 valence electrons. The van der Waals surface area contributed by atoms with Crippen LogP contribution in [0.3, 0.4) is 0 Å². The Morgan fingerprint density at radius 1 is 1.10 bits per heavy atom. The Balaban J connectivity index is 1.46. The van der Waals surface area contributed by atoms with Crippen LogP contribution in [0.25, 0.3) is 16.5 Å². The summed E-state index contributed by atoms with van der Waals surface area (Å²) in [5, 5.41) is 4.68. The molecule has 2 amide bonds. The molecule has 1 atom stereocenters. The van der Waals surface area contributed by atoms with Crippen molar-refractivity contribution in [2.24, 2.45) is 5.92 Å². The van der Waals surface area contributed by atoms with Crippen molar-refractivity contribution >= 4 is 39.9 Å². The topological polar surface area (TPSA) is 65.2 Å². The van der Waals surface area contributed by atoms with Crippen LogP contribution in [-0.2, 0) is 4.79 Å². The predicted molar refractivity (Wildman–Crippen MR) is 125 cm³/mol. The molecule has 2 aromatic carbocycles. The van der Waals surface area contributed by atoms with Crippen molar-refractivity contribution in [3.8, 4) is 0 Å². The van der Waals surface area contributed by atoms with Gasteiger partial charge in [-0.25, -0.2) is 0 Å². The van der Waals surface area contributed by atoms with Crippen LogP contribution in [0.5, 0.6) is 0 Å². The second-order valence-electron chi connectivity index (χ2n) is 8.21. The Morgan fingerprint density at radius 2 is 1.84 bits per heavy atom. The highest BCUT2D eigenvalue weighted by atomic mass is 35.5. The third-order valence-electron chi connectivity index (χ3n) is 5.78. The van der Waals surface area contributed by atoms with E-state index in [9.17, 15) is 9.59 Å². The molecule has 3 aromatic rings. The minimum absolute atomic E-state index is 0.0252. The first-order chi connectivity index (χ1) is 14.9. The van der Waals surface area contributed by atoms with Crippen LogP contribution in [0.2, 0.25) is 5.02 Å². The van der Waals surface area contributed by atoms with Gasteiger partial charge in [-0.05, 0) is 48.2 Å². The molecule has 5 nitrogen and oxygen atoms in total. The molecule has 0 bridgehead atoms. The number of H-pyrrole nitrogens is 1. The zero-order valence-corrected chi connectivity index (χ0v) is 18.4. The van der Waals surface area contributed by atoms with Gasteiger partial charge in [0.25, 0.3) is 5.91 Å². The van der Waals surface area contributed by atoms with Crippen LogP contribution in [0, 0.1) is 5.92 Å². The molecule has 4 rings (SSSR count). The maximum Gasteiger partial charge on any atom is 0.251 e. The number of aromatic amines is 1. The number of para-hydroxylation sites is 1. The first kappa shape index (κ1) is 21.2. The van der Waals surface area contributed by atoms with E-state index in [2.05, 4.69) is 28.5 Å². The van der Waals surface area contributed by atoms with Gasteiger partial charge < -0.3 is 15.2 Å². The fraction of sp³-hybridized carbons (Fsp3) is 0.280. The van der Waals surface area contributed by atoms with Crippen LogP contribution < -0.4 is 5.32 Å². The molecule has 1 aliphatic rings. The van der Waals surface area contributed by atoms with Crippen molar-refractivity contribution < 1.29 is 9.59 Å². The van der Waals surface area contributed by atoms with E-state index in [4.69, 9.17) is 11.6 Å². The minimum Gasteiger partial charge on any atom is -0.361 e. The molecule has 2 heterocycles. The fourth-order valence-electron chi connectivity index (χ4n) is 3.99. The standard InChI is InChI=1S/C25H26ClN3O2/c1-16(2)23(28-24(30)18-7-9-19(26)10-8-18)25(31)29-13-11-17(12-14-29)21-15-27-22-6-4-3-5-20(21)22/h3-11,15-16,23,27H,12-14H2,1-2H3,(H,28,30). The van der Waals surface area contributed by atoms with Crippen molar-refractivity contribution in [2.45, 2.75) is 26.3 Å². The molecule has 1 aliphatic heterocycles. The molecule has 6 heteroatoms. The minimum atomic E-state index is -0.578. The number of carbonyl (C=O) groups excluding carboxylic acids is 2. The summed E-state index contributed by atoms with van der Waals surface area (Å²) in [6.45, 7) is 5.06. The molecule has 2 N–H and O–H groups in total. The van der Waals surface area contributed by atoms with Gasteiger partial charge in [0.1, 0.15) is 6.04 Å². The molecular formula is C25H26ClN3O2. The maximum atomic E-state index is 13.2. The SMILES string of the molecule is CC(C)C(NC(=O)c1ccc(Cl)cc1)C(=O)N1CC=C(c2c[nH]c3ccccc23)CC1. The summed E-state index contributed by atoms with van der Waals surface area (Å²) in [5.41, 5.74) is 4.04. The molecule has 0 aliphatic carbocycles. The van der Waals surface area contributed by atoms with Gasteiger partial charge in [-0.2, -0.15) is 0 Å². The molecule has 0 radical (unpaired) electrons. The Bertz CT molecular complexity index is 1130. The van der Waals surface area contributed by atoms with Crippen molar-refractivity contribution in [3.63, 3.8) is 0 Å². The highest BCUT2D eigenvalue weighted by Crippen LogP contribution is 2.29. The summed E-state index contributed by atoms with van der Waals surface area (Å²) in [7, 11) is 0. The first-order valence-electron chi connectivity index (χ1n) is 10.5. The predicted octanol–water partition coefficient (Wildman–Crippen LogP) is 4.89. The van der Waals surface area contributed by atoms with E-state index in [0.717, 1.165) is 11.9 Å². The summed E-state index contributed by atoms with van der Waals surface area (Å²) in [6.07, 6.45) is 4.94. The number of halogens is 1. The van der Waals surface area contributed by atoms with Gasteiger partial charge in [-0.1, -0.05) is 49.7 Å². The van der Waals surface area contributed by atoms with Gasteiger partial charge in [-0.3, -0.25) is 9.59 Å².